The van der Waals surface area contributed by atoms with Gasteiger partial charge in [0, 0.05) is 45.3 Å². The summed E-state index contributed by atoms with van der Waals surface area (Å²) < 4.78 is 13.0. The predicted octanol–water partition coefficient (Wildman–Crippen LogP) is 16.1. The average molecular weight is 927 g/mol. The van der Waals surface area contributed by atoms with Gasteiger partial charge in [0.05, 0.1) is 0 Å². The molecule has 70 heavy (non-hydrogen) atoms. The summed E-state index contributed by atoms with van der Waals surface area (Å²) in [6, 6.07) is 8.23. The fourth-order valence-corrected chi connectivity index (χ4v) is 13.8. The molecule has 4 atom stereocenters. The molecule has 358 valence electrons. The lowest BCUT2D eigenvalue weighted by Gasteiger charge is -2.46. The highest BCUT2D eigenvalue weighted by Crippen LogP contribution is 2.55. The van der Waals surface area contributed by atoms with E-state index in [9.17, 15) is 9.59 Å². The maximum absolute atomic E-state index is 14.4. The molecule has 0 radical (unpaired) electrons. The Balaban J connectivity index is 1.05. The lowest BCUT2D eigenvalue weighted by atomic mass is 9.58. The number of esters is 2. The molecule has 6 heterocycles. The van der Waals surface area contributed by atoms with Crippen LogP contribution in [0.3, 0.4) is 0 Å². The highest BCUT2D eigenvalue weighted by atomic mass is 16.5. The van der Waals surface area contributed by atoms with Gasteiger partial charge in [-0.05, 0) is 197 Å². The minimum atomic E-state index is -0.482. The van der Waals surface area contributed by atoms with Crippen LogP contribution in [0.4, 0.5) is 0 Å². The van der Waals surface area contributed by atoms with E-state index in [1.54, 1.807) is 17.2 Å². The number of carbonyl (C=O) groups is 2. The lowest BCUT2D eigenvalue weighted by Crippen LogP contribution is -2.33. The Kier molecular flexibility index (Phi) is 13.9. The number of ether oxygens (including phenoxy) is 2. The van der Waals surface area contributed by atoms with Gasteiger partial charge >= 0.3 is 11.9 Å². The molecule has 16 rings (SSSR count). The molecule has 0 spiro atoms. The maximum atomic E-state index is 14.4. The number of unbranched alkanes of at least 4 members (excludes halogenated alkanes) is 4. The molecule has 4 nitrogen and oxygen atoms in total. The zero-order valence-corrected chi connectivity index (χ0v) is 41.8. The van der Waals surface area contributed by atoms with Crippen molar-refractivity contribution in [2.75, 3.05) is 0 Å². The third kappa shape index (κ3) is 9.30. The molecule has 6 aliphatic heterocycles. The van der Waals surface area contributed by atoms with Crippen molar-refractivity contribution in [3.63, 3.8) is 0 Å². The smallest absolute Gasteiger partial charge is 0.352 e. The second kappa shape index (κ2) is 20.9. The lowest BCUT2D eigenvalue weighted by molar-refractivity contribution is -0.131. The summed E-state index contributed by atoms with van der Waals surface area (Å²) in [7, 11) is 0. The van der Waals surface area contributed by atoms with Gasteiger partial charge in [-0.2, -0.15) is 0 Å². The Bertz CT molecular complexity index is 2940. The molecule has 2 aromatic carbocycles. The Morgan fingerprint density at radius 1 is 0.486 bits per heavy atom. The van der Waals surface area contributed by atoms with Crippen LogP contribution in [0.1, 0.15) is 165 Å². The minimum absolute atomic E-state index is 0.300. The maximum Gasteiger partial charge on any atom is 0.352 e. The van der Waals surface area contributed by atoms with E-state index in [1.807, 2.05) is 29.9 Å². The van der Waals surface area contributed by atoms with Crippen molar-refractivity contribution >= 4 is 11.9 Å². The Morgan fingerprint density at radius 2 is 1.01 bits per heavy atom. The zero-order valence-electron chi connectivity index (χ0n) is 41.8. The van der Waals surface area contributed by atoms with Gasteiger partial charge in [-0.1, -0.05) is 128 Å². The highest BCUT2D eigenvalue weighted by Gasteiger charge is 2.42. The van der Waals surface area contributed by atoms with Crippen LogP contribution in [0.25, 0.3) is 11.1 Å². The monoisotopic (exact) mass is 927 g/mol. The number of hydrogen-bond donors (Lipinski definition) is 0. The third-order valence-corrected chi connectivity index (χ3v) is 17.4. The van der Waals surface area contributed by atoms with Gasteiger partial charge in [-0.15, -0.1) is 0 Å². The van der Waals surface area contributed by atoms with Crippen LogP contribution in [0.5, 0.6) is 11.5 Å². The van der Waals surface area contributed by atoms with Crippen LogP contribution >= 0.6 is 0 Å². The molecule has 0 saturated carbocycles. The molecule has 4 heteroatoms. The van der Waals surface area contributed by atoms with Gasteiger partial charge in [0.2, 0.25) is 0 Å². The fraction of sp³-hybridized carbons (Fsp3) is 0.455. The summed E-state index contributed by atoms with van der Waals surface area (Å²) in [6.07, 6.45) is 44.3. The van der Waals surface area contributed by atoms with Crippen molar-refractivity contribution in [2.45, 2.75) is 168 Å². The van der Waals surface area contributed by atoms with E-state index in [1.165, 1.54) is 110 Å². The van der Waals surface area contributed by atoms with E-state index < -0.39 is 5.97 Å². The minimum Gasteiger partial charge on any atom is -0.422 e. The van der Waals surface area contributed by atoms with Crippen molar-refractivity contribution in [2.24, 2.45) is 23.7 Å². The number of benzene rings is 2. The molecule has 14 aliphatic rings. The van der Waals surface area contributed by atoms with Gasteiger partial charge in [0.1, 0.15) is 17.1 Å². The Labute approximate surface area is 417 Å². The van der Waals surface area contributed by atoms with Crippen LogP contribution in [0, 0.1) is 23.7 Å². The second-order valence-electron chi connectivity index (χ2n) is 21.6. The van der Waals surface area contributed by atoms with Crippen LogP contribution in [0.15, 0.2) is 152 Å². The highest BCUT2D eigenvalue weighted by molar-refractivity contribution is 5.96. The van der Waals surface area contributed by atoms with Crippen molar-refractivity contribution in [3.05, 3.63) is 174 Å². The number of aryl methyl sites for hydroxylation is 2. The summed E-state index contributed by atoms with van der Waals surface area (Å²) in [4.78, 5) is 28.6. The van der Waals surface area contributed by atoms with Crippen molar-refractivity contribution in [1.82, 2.24) is 0 Å². The molecule has 8 aliphatic carbocycles. The SMILES string of the molecule is CCCCCC1CCC2C3=C=C=C(C=C3)C3=C=C=C(C=C3)C(=O)Oc3ccc4c(c3-c3c(ccc5c3CCCC5)OC(=O)C3=CC=C(CC3)C3=CC=C(CC3)C3CCC(CCCCC)C1=C23)CCCC4. The second-order valence-corrected chi connectivity index (χ2v) is 21.6. The number of rotatable bonds is 8. The largest absolute Gasteiger partial charge is 0.422 e. The fourth-order valence-electron chi connectivity index (χ4n) is 13.8. The quantitative estimate of drug-likeness (QED) is 0.0870. The van der Waals surface area contributed by atoms with Crippen LogP contribution in [-0.4, -0.2) is 11.9 Å². The molecule has 4 unspecified atom stereocenters. The first-order chi connectivity index (χ1) is 34.4. The molecule has 0 saturated heterocycles. The van der Waals surface area contributed by atoms with Crippen LogP contribution in [-0.2, 0) is 35.3 Å². The van der Waals surface area contributed by atoms with E-state index in [0.29, 0.717) is 52.7 Å². The van der Waals surface area contributed by atoms with Crippen molar-refractivity contribution in [3.8, 4) is 22.6 Å². The molecule has 2 aromatic rings. The first kappa shape index (κ1) is 46.5. The third-order valence-electron chi connectivity index (χ3n) is 17.4. The number of hydrogen-bond acceptors (Lipinski definition) is 4. The topological polar surface area (TPSA) is 52.6 Å². The molecular weight excluding hydrogens is 857 g/mol. The van der Waals surface area contributed by atoms with Gasteiger partial charge in [-0.3, -0.25) is 0 Å². The zero-order chi connectivity index (χ0) is 47.6. The Hall–Kier alpha value is -5.84. The summed E-state index contributed by atoms with van der Waals surface area (Å²) in [6.45, 7) is 4.66. The first-order valence-electron chi connectivity index (χ1n) is 27.6. The van der Waals surface area contributed by atoms with E-state index in [-0.39, 0.29) is 5.97 Å². The summed E-state index contributed by atoms with van der Waals surface area (Å²) in [5.74, 6) is 2.39. The number of carbonyl (C=O) groups excluding carboxylic acids is 2. The standard InChI is InChI=1S/C66H70O4/c1-3-5-7-15-51-35-39-57-49-27-19-43(20-28-49)45-23-31-53(32-24-45)65(67)69-59-41-37-47-13-9-11-17-55(47)63(59)64-56-18-12-10-14-48(56)38-42-60(64)70-66(68)54-33-25-46(26-34-54)44-21-29-50(30-22-44)58-40-36-52(16-8-6-4-2)61(51)62(57)58/h19,21,23,25,27,29,31,33,37-38,41-42,51-52,57-58H,3-18,20,24,28,32,35-36,39-40H2,1-2H3. The van der Waals surface area contributed by atoms with Gasteiger partial charge < -0.3 is 9.47 Å². The molecular formula is C66H70O4. The summed E-state index contributed by atoms with van der Waals surface area (Å²) >= 11 is 0. The van der Waals surface area contributed by atoms with Gasteiger partial charge in [0.15, 0.2) is 0 Å². The molecule has 0 fully saturated rings. The summed E-state index contributed by atoms with van der Waals surface area (Å²) in [5, 5.41) is 0. The number of fused-ring (bicyclic) bond motifs is 3. The Morgan fingerprint density at radius 3 is 1.57 bits per heavy atom. The normalized spacial score (nSPS) is 24.6. The van der Waals surface area contributed by atoms with Crippen LogP contribution < -0.4 is 9.47 Å². The van der Waals surface area contributed by atoms with E-state index in [2.05, 4.69) is 79.3 Å². The number of allylic oxidation sites excluding steroid dienone is 15. The summed E-state index contributed by atoms with van der Waals surface area (Å²) in [5.41, 5.74) is 32.5. The molecule has 0 aromatic heterocycles. The first-order valence-corrected chi connectivity index (χ1v) is 27.6. The van der Waals surface area contributed by atoms with E-state index >= 15 is 0 Å². The molecule has 8 bridgehead atoms. The van der Waals surface area contributed by atoms with Crippen molar-refractivity contribution < 1.29 is 19.1 Å². The molecule has 0 amide bonds. The average Bonchev–Trinajstić information content (AvgIpc) is 3.41. The van der Waals surface area contributed by atoms with Crippen LogP contribution in [0.2, 0.25) is 0 Å². The molecule has 0 N–H and O–H groups in total. The predicted molar refractivity (Wildman–Crippen MR) is 281 cm³/mol. The van der Waals surface area contributed by atoms with Gasteiger partial charge in [0.25, 0.3) is 0 Å². The van der Waals surface area contributed by atoms with Crippen molar-refractivity contribution in [1.29, 1.82) is 0 Å². The van der Waals surface area contributed by atoms with Gasteiger partial charge in [-0.25, -0.2) is 9.59 Å². The van der Waals surface area contributed by atoms with E-state index in [0.717, 1.165) is 99.3 Å². The van der Waals surface area contributed by atoms with E-state index in [4.69, 9.17) is 9.47 Å².